The van der Waals surface area contributed by atoms with Gasteiger partial charge in [0.25, 0.3) is 0 Å². The number of aromatic hydroxyl groups is 1. The lowest BCUT2D eigenvalue weighted by atomic mass is 9.52. The molecule has 0 bridgehead atoms. The zero-order chi connectivity index (χ0) is 28.3. The summed E-state index contributed by atoms with van der Waals surface area (Å²) in [5, 5.41) is 22.8. The highest BCUT2D eigenvalue weighted by molar-refractivity contribution is 6.32. The highest BCUT2D eigenvalue weighted by Gasteiger charge is 2.69. The molecule has 202 valence electrons. The van der Waals surface area contributed by atoms with Crippen molar-refractivity contribution in [1.29, 1.82) is 0 Å². The monoisotopic (exact) mass is 523 g/mol. The number of aliphatic hydroxyl groups is 1. The average Bonchev–Trinajstić information content (AvgIpc) is 2.82. The number of phenols is 1. The highest BCUT2D eigenvalue weighted by atomic mass is 16.3. The van der Waals surface area contributed by atoms with E-state index in [0.717, 1.165) is 6.42 Å². The van der Waals surface area contributed by atoms with Gasteiger partial charge in [0, 0.05) is 32.1 Å². The molecule has 4 N–H and O–H groups in total. The summed E-state index contributed by atoms with van der Waals surface area (Å²) in [5.41, 5.74) is 4.01. The molecule has 2 fully saturated rings. The number of anilines is 1. The zero-order valence-corrected chi connectivity index (χ0v) is 22.2. The zero-order valence-electron chi connectivity index (χ0n) is 22.2. The maximum Gasteiger partial charge on any atom is 0.235 e. The summed E-state index contributed by atoms with van der Waals surface area (Å²) in [6.45, 7) is 1.97. The molecule has 3 aliphatic rings. The Hall–Kier alpha value is -3.55. The van der Waals surface area contributed by atoms with Gasteiger partial charge in [-0.05, 0) is 50.9 Å². The van der Waals surface area contributed by atoms with Gasteiger partial charge in [0.1, 0.15) is 5.75 Å². The topological polar surface area (TPSA) is 158 Å². The van der Waals surface area contributed by atoms with Gasteiger partial charge >= 0.3 is 0 Å². The number of fused-ring (bicyclic) bond motifs is 3. The Morgan fingerprint density at radius 1 is 1.16 bits per heavy atom. The fourth-order valence-corrected chi connectivity index (χ4v) is 6.43. The predicted molar refractivity (Wildman–Crippen MR) is 137 cm³/mol. The number of unbranched alkanes of at least 4 members (excludes halogenated alkanes) is 1. The number of nitrogens with two attached hydrogens (primary N) is 1. The molecular weight excluding hydrogens is 490 g/mol. The molecule has 0 heterocycles. The van der Waals surface area contributed by atoms with E-state index in [1.807, 2.05) is 6.92 Å². The van der Waals surface area contributed by atoms with Crippen molar-refractivity contribution in [2.24, 2.45) is 29.4 Å². The van der Waals surface area contributed by atoms with Crippen molar-refractivity contribution < 1.29 is 34.2 Å². The van der Waals surface area contributed by atoms with Crippen LogP contribution in [0.2, 0.25) is 0 Å². The van der Waals surface area contributed by atoms with Crippen LogP contribution in [0, 0.1) is 35.5 Å². The maximum absolute atomic E-state index is 13.9. The molecule has 0 radical (unpaired) electrons. The molecule has 1 amide bonds. The number of benzene rings is 1. The number of primary amides is 1. The first-order valence-electron chi connectivity index (χ1n) is 12.7. The number of amides is 1. The summed E-state index contributed by atoms with van der Waals surface area (Å²) in [6.07, 6.45) is 1.62. The number of phenolic OH excluding ortho intramolecular Hbond substituents is 1. The van der Waals surface area contributed by atoms with Crippen LogP contribution in [-0.2, 0) is 25.6 Å². The molecule has 0 saturated heterocycles. The number of hydrogen-bond donors (Lipinski definition) is 3. The Morgan fingerprint density at radius 3 is 2.37 bits per heavy atom. The van der Waals surface area contributed by atoms with Crippen LogP contribution in [0.25, 0.3) is 0 Å². The van der Waals surface area contributed by atoms with E-state index in [0.29, 0.717) is 17.7 Å². The Bertz CT molecular complexity index is 1320. The lowest BCUT2D eigenvalue weighted by Gasteiger charge is -2.52. The van der Waals surface area contributed by atoms with Crippen LogP contribution in [0.15, 0.2) is 6.07 Å². The molecule has 3 aliphatic carbocycles. The van der Waals surface area contributed by atoms with Crippen LogP contribution in [0.3, 0.4) is 0 Å². The summed E-state index contributed by atoms with van der Waals surface area (Å²) >= 11 is 0. The molecule has 2 saturated carbocycles. The van der Waals surface area contributed by atoms with Crippen molar-refractivity contribution in [2.75, 3.05) is 33.1 Å². The third-order valence-corrected chi connectivity index (χ3v) is 8.12. The molecule has 2 unspecified atom stereocenters. The Kier molecular flexibility index (Phi) is 6.97. The van der Waals surface area contributed by atoms with Crippen molar-refractivity contribution in [2.45, 2.75) is 44.2 Å². The largest absolute Gasteiger partial charge is 0.506 e. The number of likely N-dealkylation sites (N-methyl/N-ethyl adjacent to an activating group) is 1. The van der Waals surface area contributed by atoms with Gasteiger partial charge in [0.15, 0.2) is 34.7 Å². The standard InChI is InChI=1S/C28H33N3O7/c1-6-7-8-9-13-12-17(30(2)3)15-10-14-11-16-21(31(4)5)24(34)20(27(29)37)26(36)28(16,38)25(35)18(14)23(33)19(15)22(13)32/h12,14,16,18,20-21,32,38H,6-7,10-11H2,1-5H3,(H2,29,37)/t14-,16-,18?,20?,21-,28-/m1/s1. The summed E-state index contributed by atoms with van der Waals surface area (Å²) in [5.74, 6) is -4.77. The maximum atomic E-state index is 13.9. The first-order chi connectivity index (χ1) is 17.8. The Morgan fingerprint density at radius 2 is 1.82 bits per heavy atom. The van der Waals surface area contributed by atoms with Crippen molar-refractivity contribution in [1.82, 2.24) is 4.90 Å². The SMILES string of the molecule is CCCC#Cc1cc(N(C)C)c2c(c1O)C(=O)C1C(=O)[C@@]3(O)C(=O)C(C(N)=O)C(=O)[C@H](N(C)C)[C@H]3C[C@H]1C2. The number of hydrogen-bond acceptors (Lipinski definition) is 9. The van der Waals surface area contributed by atoms with E-state index in [1.54, 1.807) is 39.2 Å². The highest BCUT2D eigenvalue weighted by Crippen LogP contribution is 2.52. The summed E-state index contributed by atoms with van der Waals surface area (Å²) in [4.78, 5) is 69.7. The van der Waals surface area contributed by atoms with Crippen LogP contribution in [0.4, 0.5) is 5.69 Å². The van der Waals surface area contributed by atoms with Crippen molar-refractivity contribution in [3.63, 3.8) is 0 Å². The van der Waals surface area contributed by atoms with Crippen molar-refractivity contribution in [3.8, 4) is 17.6 Å². The predicted octanol–water partition coefficient (Wildman–Crippen LogP) is 0.0846. The lowest BCUT2D eigenvalue weighted by Crippen LogP contribution is -2.74. The number of ketones is 4. The Labute approximate surface area is 221 Å². The van der Waals surface area contributed by atoms with Gasteiger partial charge in [0.2, 0.25) is 5.91 Å². The smallest absolute Gasteiger partial charge is 0.235 e. The van der Waals surface area contributed by atoms with Gasteiger partial charge < -0.3 is 20.8 Å². The second kappa shape index (κ2) is 9.64. The third kappa shape index (κ3) is 3.84. The summed E-state index contributed by atoms with van der Waals surface area (Å²) in [7, 11) is 6.69. The van der Waals surface area contributed by atoms with Crippen molar-refractivity contribution in [3.05, 3.63) is 22.8 Å². The number of rotatable bonds is 4. The minimum atomic E-state index is -2.74. The van der Waals surface area contributed by atoms with E-state index >= 15 is 0 Å². The molecule has 0 spiro atoms. The fraction of sp³-hybridized carbons (Fsp3) is 0.536. The van der Waals surface area contributed by atoms with Gasteiger partial charge in [-0.1, -0.05) is 18.8 Å². The van der Waals surface area contributed by atoms with Crippen LogP contribution in [-0.4, -0.2) is 84.0 Å². The fourth-order valence-electron chi connectivity index (χ4n) is 6.43. The van der Waals surface area contributed by atoms with Crippen LogP contribution in [0.1, 0.15) is 47.7 Å². The molecule has 10 nitrogen and oxygen atoms in total. The second-order valence-corrected chi connectivity index (χ2v) is 10.9. The van der Waals surface area contributed by atoms with Crippen LogP contribution >= 0.6 is 0 Å². The first-order valence-corrected chi connectivity index (χ1v) is 12.7. The molecule has 38 heavy (non-hydrogen) atoms. The van der Waals surface area contributed by atoms with Crippen molar-refractivity contribution >= 4 is 34.7 Å². The molecule has 4 rings (SSSR count). The lowest BCUT2D eigenvalue weighted by molar-refractivity contribution is -0.181. The molecule has 0 aromatic heterocycles. The molecule has 6 atom stereocenters. The minimum absolute atomic E-state index is 0.00951. The average molecular weight is 524 g/mol. The molecule has 1 aromatic rings. The first kappa shape index (κ1) is 27.5. The molecule has 1 aromatic carbocycles. The van der Waals surface area contributed by atoms with Crippen LogP contribution in [0.5, 0.6) is 5.75 Å². The van der Waals surface area contributed by atoms with Gasteiger partial charge in [-0.15, -0.1) is 0 Å². The summed E-state index contributed by atoms with van der Waals surface area (Å²) in [6, 6.07) is 0.577. The number of Topliss-reactive ketones (excluding diaryl/α,β-unsaturated/α-hetero) is 4. The number of carbonyl (C=O) groups excluding carboxylic acids is 5. The van der Waals surface area contributed by atoms with E-state index in [-0.39, 0.29) is 29.7 Å². The third-order valence-electron chi connectivity index (χ3n) is 8.12. The minimum Gasteiger partial charge on any atom is -0.506 e. The van der Waals surface area contributed by atoms with Gasteiger partial charge in [-0.3, -0.25) is 28.9 Å². The molecule has 0 aliphatic heterocycles. The van der Waals surface area contributed by atoms with Crippen LogP contribution < -0.4 is 10.6 Å². The normalized spacial score (nSPS) is 30.2. The number of nitrogens with zero attached hydrogens (tertiary/aromatic N) is 2. The quantitative estimate of drug-likeness (QED) is 0.367. The second-order valence-electron chi connectivity index (χ2n) is 10.9. The van der Waals surface area contributed by atoms with Gasteiger partial charge in [-0.2, -0.15) is 0 Å². The van der Waals surface area contributed by atoms with E-state index < -0.39 is 64.4 Å². The van der Waals surface area contributed by atoms with E-state index in [1.165, 1.54) is 4.90 Å². The summed E-state index contributed by atoms with van der Waals surface area (Å²) < 4.78 is 0. The molecular formula is C28H33N3O7. The molecule has 10 heteroatoms. The van der Waals surface area contributed by atoms with E-state index in [4.69, 9.17) is 5.73 Å². The van der Waals surface area contributed by atoms with E-state index in [9.17, 15) is 34.2 Å². The Balaban J connectivity index is 1.90. The number of carbonyl (C=O) groups is 5. The van der Waals surface area contributed by atoms with Gasteiger partial charge in [-0.25, -0.2) is 0 Å². The van der Waals surface area contributed by atoms with Gasteiger partial charge in [0.05, 0.1) is 23.1 Å². The van der Waals surface area contributed by atoms with E-state index in [2.05, 4.69) is 11.8 Å².